The van der Waals surface area contributed by atoms with Crippen LogP contribution in [0.4, 0.5) is 0 Å². The quantitative estimate of drug-likeness (QED) is 0.903. The first-order valence-corrected chi connectivity index (χ1v) is 7.02. The van der Waals surface area contributed by atoms with E-state index in [1.807, 2.05) is 32.0 Å². The van der Waals surface area contributed by atoms with E-state index >= 15 is 0 Å². The lowest BCUT2D eigenvalue weighted by atomic mass is 10.2. The van der Waals surface area contributed by atoms with Crippen LogP contribution in [0.15, 0.2) is 28.7 Å². The zero-order chi connectivity index (χ0) is 14.4. The largest absolute Gasteiger partial charge is 0.350 e. The van der Waals surface area contributed by atoms with Crippen molar-refractivity contribution in [3.8, 4) is 0 Å². The second-order valence-corrected chi connectivity index (χ2v) is 5.40. The van der Waals surface area contributed by atoms with E-state index in [0.717, 1.165) is 4.47 Å². The number of benzene rings is 1. The third-order valence-corrected chi connectivity index (χ3v) is 3.48. The second-order valence-electron chi connectivity index (χ2n) is 4.54. The lowest BCUT2D eigenvalue weighted by Crippen LogP contribution is -2.41. The molecule has 0 aliphatic rings. The molecule has 1 aromatic carbocycles. The Labute approximate surface area is 122 Å². The molecule has 1 N–H and O–H groups in total. The fourth-order valence-corrected chi connectivity index (χ4v) is 2.27. The Morgan fingerprint density at radius 2 is 1.95 bits per heavy atom. The Hall–Kier alpha value is -1.36. The van der Waals surface area contributed by atoms with Gasteiger partial charge in [0, 0.05) is 30.5 Å². The molecule has 1 aromatic rings. The zero-order valence-corrected chi connectivity index (χ0v) is 13.0. The lowest BCUT2D eigenvalue weighted by Gasteiger charge is -2.25. The Morgan fingerprint density at radius 3 is 2.47 bits per heavy atom. The van der Waals surface area contributed by atoms with Crippen LogP contribution in [-0.4, -0.2) is 35.8 Å². The Balaban J connectivity index is 2.52. The summed E-state index contributed by atoms with van der Waals surface area (Å²) >= 11 is 3.34. The van der Waals surface area contributed by atoms with Gasteiger partial charge in [-0.2, -0.15) is 0 Å². The zero-order valence-electron chi connectivity index (χ0n) is 11.4. The highest BCUT2D eigenvalue weighted by molar-refractivity contribution is 9.10. The normalized spacial score (nSPS) is 10.4. The van der Waals surface area contributed by atoms with Crippen molar-refractivity contribution in [3.05, 3.63) is 34.3 Å². The molecule has 0 radical (unpaired) electrons. The van der Waals surface area contributed by atoms with Crippen LogP contribution in [0.2, 0.25) is 0 Å². The predicted molar refractivity (Wildman–Crippen MR) is 79.0 cm³/mol. The van der Waals surface area contributed by atoms with Gasteiger partial charge in [0.1, 0.15) is 0 Å². The Kier molecular flexibility index (Phi) is 6.02. The molecule has 4 nitrogen and oxygen atoms in total. The van der Waals surface area contributed by atoms with Crippen LogP contribution in [0.3, 0.4) is 0 Å². The van der Waals surface area contributed by atoms with Crippen LogP contribution in [0, 0.1) is 0 Å². The summed E-state index contributed by atoms with van der Waals surface area (Å²) in [5.41, 5.74) is 0.599. The van der Waals surface area contributed by atoms with Crippen molar-refractivity contribution in [1.29, 1.82) is 0 Å². The molecule has 0 aromatic heterocycles. The molecule has 104 valence electrons. The molecule has 0 fully saturated rings. The number of halogens is 1. The average molecular weight is 327 g/mol. The monoisotopic (exact) mass is 326 g/mol. The fourth-order valence-electron chi connectivity index (χ4n) is 1.81. The summed E-state index contributed by atoms with van der Waals surface area (Å²) in [6.07, 6.45) is 0. The molecule has 0 saturated heterocycles. The van der Waals surface area contributed by atoms with Gasteiger partial charge in [0.05, 0.1) is 5.56 Å². The van der Waals surface area contributed by atoms with Gasteiger partial charge in [0.25, 0.3) is 5.91 Å². The van der Waals surface area contributed by atoms with Crippen molar-refractivity contribution in [1.82, 2.24) is 10.2 Å². The molecule has 0 saturated carbocycles. The first-order chi connectivity index (χ1) is 8.93. The summed E-state index contributed by atoms with van der Waals surface area (Å²) in [6, 6.07) is 7.39. The van der Waals surface area contributed by atoms with E-state index < -0.39 is 0 Å². The molecule has 0 heterocycles. The molecular formula is C14H19BrN2O2. The number of nitrogens with zero attached hydrogens (tertiary/aromatic N) is 1. The fraction of sp³-hybridized carbons (Fsp3) is 0.429. The minimum Gasteiger partial charge on any atom is -0.350 e. The van der Waals surface area contributed by atoms with Gasteiger partial charge in [0.15, 0.2) is 0 Å². The van der Waals surface area contributed by atoms with Crippen LogP contribution < -0.4 is 5.32 Å². The molecular weight excluding hydrogens is 308 g/mol. The van der Waals surface area contributed by atoms with Gasteiger partial charge >= 0.3 is 0 Å². The van der Waals surface area contributed by atoms with E-state index in [1.54, 1.807) is 11.0 Å². The molecule has 0 atom stereocenters. The third-order valence-electron chi connectivity index (χ3n) is 2.78. The number of nitrogens with one attached hydrogen (secondary N) is 1. The SMILES string of the molecule is CC(=O)N(CCNC(=O)c1ccccc1Br)C(C)C. The summed E-state index contributed by atoms with van der Waals surface area (Å²) in [4.78, 5) is 25.1. The molecule has 0 bridgehead atoms. The van der Waals surface area contributed by atoms with Crippen LogP contribution >= 0.6 is 15.9 Å². The van der Waals surface area contributed by atoms with E-state index in [9.17, 15) is 9.59 Å². The summed E-state index contributed by atoms with van der Waals surface area (Å²) in [6.45, 7) is 6.41. The van der Waals surface area contributed by atoms with E-state index in [0.29, 0.717) is 18.7 Å². The summed E-state index contributed by atoms with van der Waals surface area (Å²) in [5, 5.41) is 2.82. The molecule has 2 amide bonds. The minimum absolute atomic E-state index is 0.0186. The number of hydrogen-bond donors (Lipinski definition) is 1. The number of carbonyl (C=O) groups excluding carboxylic acids is 2. The topological polar surface area (TPSA) is 49.4 Å². The van der Waals surface area contributed by atoms with E-state index in [-0.39, 0.29) is 17.9 Å². The average Bonchev–Trinajstić information content (AvgIpc) is 2.33. The number of carbonyl (C=O) groups is 2. The first-order valence-electron chi connectivity index (χ1n) is 6.23. The Bertz CT molecular complexity index is 461. The van der Waals surface area contributed by atoms with E-state index in [1.165, 1.54) is 6.92 Å². The molecule has 0 aliphatic heterocycles. The minimum atomic E-state index is -0.139. The predicted octanol–water partition coefficient (Wildman–Crippen LogP) is 2.44. The summed E-state index contributed by atoms with van der Waals surface area (Å²) < 4.78 is 0.764. The van der Waals surface area contributed by atoms with Crippen molar-refractivity contribution in [2.45, 2.75) is 26.8 Å². The molecule has 0 spiro atoms. The Morgan fingerprint density at radius 1 is 1.32 bits per heavy atom. The van der Waals surface area contributed by atoms with Crippen LogP contribution in [0.1, 0.15) is 31.1 Å². The van der Waals surface area contributed by atoms with Gasteiger partial charge < -0.3 is 10.2 Å². The molecule has 5 heteroatoms. The lowest BCUT2D eigenvalue weighted by molar-refractivity contribution is -0.130. The second kappa shape index (κ2) is 7.28. The van der Waals surface area contributed by atoms with Crippen LogP contribution in [-0.2, 0) is 4.79 Å². The molecule has 0 aliphatic carbocycles. The van der Waals surface area contributed by atoms with Crippen molar-refractivity contribution in [3.63, 3.8) is 0 Å². The van der Waals surface area contributed by atoms with Crippen LogP contribution in [0.5, 0.6) is 0 Å². The van der Waals surface area contributed by atoms with Crippen molar-refractivity contribution in [2.24, 2.45) is 0 Å². The van der Waals surface area contributed by atoms with Crippen LogP contribution in [0.25, 0.3) is 0 Å². The summed E-state index contributed by atoms with van der Waals surface area (Å²) in [7, 11) is 0. The highest BCUT2D eigenvalue weighted by Gasteiger charge is 2.13. The maximum atomic E-state index is 11.9. The standard InChI is InChI=1S/C14H19BrN2O2/c1-10(2)17(11(3)18)9-8-16-14(19)12-6-4-5-7-13(12)15/h4-7,10H,8-9H2,1-3H3,(H,16,19). The van der Waals surface area contributed by atoms with Crippen molar-refractivity contribution in [2.75, 3.05) is 13.1 Å². The number of hydrogen-bond acceptors (Lipinski definition) is 2. The molecule has 1 rings (SSSR count). The smallest absolute Gasteiger partial charge is 0.252 e. The molecule has 0 unspecified atom stereocenters. The first kappa shape index (κ1) is 15.7. The van der Waals surface area contributed by atoms with Gasteiger partial charge in [-0.05, 0) is 41.9 Å². The third kappa shape index (κ3) is 4.67. The van der Waals surface area contributed by atoms with Gasteiger partial charge in [-0.25, -0.2) is 0 Å². The maximum absolute atomic E-state index is 11.9. The van der Waals surface area contributed by atoms with E-state index in [2.05, 4.69) is 21.2 Å². The highest BCUT2D eigenvalue weighted by Crippen LogP contribution is 2.15. The highest BCUT2D eigenvalue weighted by atomic mass is 79.9. The van der Waals surface area contributed by atoms with Gasteiger partial charge in [-0.1, -0.05) is 12.1 Å². The van der Waals surface area contributed by atoms with Gasteiger partial charge in [-0.15, -0.1) is 0 Å². The number of amides is 2. The maximum Gasteiger partial charge on any atom is 0.252 e. The molecule has 19 heavy (non-hydrogen) atoms. The van der Waals surface area contributed by atoms with Gasteiger partial charge in [-0.3, -0.25) is 9.59 Å². The van der Waals surface area contributed by atoms with Crippen molar-refractivity contribution >= 4 is 27.7 Å². The number of rotatable bonds is 5. The van der Waals surface area contributed by atoms with Gasteiger partial charge in [0.2, 0.25) is 5.91 Å². The van der Waals surface area contributed by atoms with Crippen molar-refractivity contribution < 1.29 is 9.59 Å². The van der Waals surface area contributed by atoms with E-state index in [4.69, 9.17) is 0 Å². The summed E-state index contributed by atoms with van der Waals surface area (Å²) in [5.74, 6) is -0.120.